The van der Waals surface area contributed by atoms with E-state index in [4.69, 9.17) is 9.47 Å². The number of hydrogen-bond acceptors (Lipinski definition) is 2. The molecule has 2 heteroatoms. The van der Waals surface area contributed by atoms with Crippen LogP contribution in [-0.2, 0) is 9.47 Å². The van der Waals surface area contributed by atoms with Crippen molar-refractivity contribution in [2.24, 2.45) is 0 Å². The van der Waals surface area contributed by atoms with E-state index in [9.17, 15) is 0 Å². The molecule has 1 heterocycles. The normalized spacial score (nSPS) is 47.6. The third-order valence-electron chi connectivity index (χ3n) is 1.39. The van der Waals surface area contributed by atoms with Gasteiger partial charge in [-0.25, -0.2) is 0 Å². The molecular formula is C6H11O2. The molecule has 0 spiro atoms. The Bertz CT molecular complexity index is 72.6. The van der Waals surface area contributed by atoms with Crippen LogP contribution in [0.25, 0.3) is 0 Å². The second-order valence-corrected chi connectivity index (χ2v) is 2.11. The third kappa shape index (κ3) is 1.01. The van der Waals surface area contributed by atoms with E-state index >= 15 is 0 Å². The summed E-state index contributed by atoms with van der Waals surface area (Å²) < 4.78 is 10.3. The Balaban J connectivity index is 2.39. The van der Waals surface area contributed by atoms with Gasteiger partial charge in [0.15, 0.2) is 6.29 Å². The van der Waals surface area contributed by atoms with Gasteiger partial charge < -0.3 is 9.47 Å². The molecular weight excluding hydrogens is 104 g/mol. The molecule has 0 amide bonds. The van der Waals surface area contributed by atoms with Gasteiger partial charge in [0, 0.05) is 6.92 Å². The van der Waals surface area contributed by atoms with Crippen LogP contribution < -0.4 is 0 Å². The van der Waals surface area contributed by atoms with E-state index in [1.165, 1.54) is 0 Å². The Kier molecular flexibility index (Phi) is 1.54. The molecule has 0 aromatic rings. The van der Waals surface area contributed by atoms with E-state index < -0.39 is 0 Å². The van der Waals surface area contributed by atoms with Crippen LogP contribution in [0.15, 0.2) is 0 Å². The summed E-state index contributed by atoms with van der Waals surface area (Å²) in [5.41, 5.74) is 0. The van der Waals surface area contributed by atoms with E-state index in [0.717, 1.165) is 0 Å². The Morgan fingerprint density at radius 2 is 1.50 bits per heavy atom. The van der Waals surface area contributed by atoms with Crippen LogP contribution >= 0.6 is 0 Å². The van der Waals surface area contributed by atoms with Gasteiger partial charge in [0.25, 0.3) is 0 Å². The minimum absolute atomic E-state index is 0.206. The van der Waals surface area contributed by atoms with Gasteiger partial charge in [0.2, 0.25) is 0 Å². The zero-order valence-electron chi connectivity index (χ0n) is 5.26. The number of ether oxygens (including phenoxy) is 2. The molecule has 1 radical (unpaired) electrons. The molecule has 2 unspecified atom stereocenters. The molecule has 1 aliphatic heterocycles. The quantitative estimate of drug-likeness (QED) is 0.468. The lowest BCUT2D eigenvalue weighted by Crippen LogP contribution is -2.13. The first kappa shape index (κ1) is 6.05. The van der Waals surface area contributed by atoms with Crippen molar-refractivity contribution in [3.8, 4) is 0 Å². The molecule has 0 saturated carbocycles. The van der Waals surface area contributed by atoms with Crippen LogP contribution in [0.3, 0.4) is 0 Å². The van der Waals surface area contributed by atoms with Crippen LogP contribution in [0.4, 0.5) is 0 Å². The highest BCUT2D eigenvalue weighted by Gasteiger charge is 2.25. The molecule has 8 heavy (non-hydrogen) atoms. The van der Waals surface area contributed by atoms with Crippen molar-refractivity contribution in [2.75, 3.05) is 0 Å². The summed E-state index contributed by atoms with van der Waals surface area (Å²) in [7, 11) is 0. The average molecular weight is 115 g/mol. The minimum Gasteiger partial charge on any atom is -0.347 e. The van der Waals surface area contributed by atoms with Gasteiger partial charge >= 0.3 is 0 Å². The Hall–Kier alpha value is -0.0800. The highest BCUT2D eigenvalue weighted by molar-refractivity contribution is 4.69. The summed E-state index contributed by atoms with van der Waals surface area (Å²) in [6.07, 6.45) is 0.162. The van der Waals surface area contributed by atoms with Gasteiger partial charge in [-0.05, 0) is 13.8 Å². The zero-order valence-corrected chi connectivity index (χ0v) is 5.26. The van der Waals surface area contributed by atoms with Crippen molar-refractivity contribution in [3.05, 3.63) is 6.92 Å². The molecule has 0 bridgehead atoms. The van der Waals surface area contributed by atoms with E-state index in [1.54, 1.807) is 0 Å². The fourth-order valence-electron chi connectivity index (χ4n) is 0.732. The second kappa shape index (κ2) is 2.03. The van der Waals surface area contributed by atoms with Crippen LogP contribution in [0.2, 0.25) is 0 Å². The molecule has 1 rings (SSSR count). The predicted molar refractivity (Wildman–Crippen MR) is 30.2 cm³/mol. The van der Waals surface area contributed by atoms with Crippen molar-refractivity contribution in [2.45, 2.75) is 32.3 Å². The first-order valence-electron chi connectivity index (χ1n) is 2.84. The van der Waals surface area contributed by atoms with Crippen molar-refractivity contribution >= 4 is 0 Å². The highest BCUT2D eigenvalue weighted by atomic mass is 16.7. The maximum absolute atomic E-state index is 5.14. The van der Waals surface area contributed by atoms with Crippen molar-refractivity contribution in [3.63, 3.8) is 0 Å². The summed E-state index contributed by atoms with van der Waals surface area (Å²) >= 11 is 0. The molecule has 0 aromatic heterocycles. The lowest BCUT2D eigenvalue weighted by atomic mass is 10.3. The van der Waals surface area contributed by atoms with Gasteiger partial charge in [-0.2, -0.15) is 0 Å². The van der Waals surface area contributed by atoms with E-state index in [0.29, 0.717) is 0 Å². The Morgan fingerprint density at radius 3 is 1.62 bits per heavy atom. The predicted octanol–water partition coefficient (Wildman–Crippen LogP) is 0.970. The zero-order chi connectivity index (χ0) is 6.15. The second-order valence-electron chi connectivity index (χ2n) is 2.11. The van der Waals surface area contributed by atoms with Crippen LogP contribution in [0.1, 0.15) is 13.8 Å². The molecule has 1 aliphatic rings. The van der Waals surface area contributed by atoms with Gasteiger partial charge in [-0.1, -0.05) is 0 Å². The Morgan fingerprint density at radius 1 is 1.12 bits per heavy atom. The summed E-state index contributed by atoms with van der Waals surface area (Å²) in [5.74, 6) is 0. The lowest BCUT2D eigenvalue weighted by molar-refractivity contribution is -0.0266. The van der Waals surface area contributed by atoms with E-state index in [1.807, 2.05) is 13.8 Å². The fraction of sp³-hybridized carbons (Fsp3) is 0.833. The van der Waals surface area contributed by atoms with E-state index in [2.05, 4.69) is 6.92 Å². The molecule has 2 nitrogen and oxygen atoms in total. The topological polar surface area (TPSA) is 18.5 Å². The summed E-state index contributed by atoms with van der Waals surface area (Å²) in [5, 5.41) is 0. The van der Waals surface area contributed by atoms with Crippen LogP contribution in [0.5, 0.6) is 0 Å². The van der Waals surface area contributed by atoms with Crippen molar-refractivity contribution in [1.82, 2.24) is 0 Å². The van der Waals surface area contributed by atoms with Gasteiger partial charge in [0.05, 0.1) is 12.2 Å². The van der Waals surface area contributed by atoms with Crippen LogP contribution in [-0.4, -0.2) is 18.5 Å². The van der Waals surface area contributed by atoms with Crippen molar-refractivity contribution in [1.29, 1.82) is 0 Å². The average Bonchev–Trinajstić information content (AvgIpc) is 1.85. The SMILES string of the molecule is [CH2]C1OC(C)C(C)O1. The van der Waals surface area contributed by atoms with Gasteiger partial charge in [-0.15, -0.1) is 0 Å². The maximum atomic E-state index is 5.14. The molecule has 1 fully saturated rings. The largest absolute Gasteiger partial charge is 0.347 e. The molecule has 0 aliphatic carbocycles. The molecule has 0 aromatic carbocycles. The summed E-state index contributed by atoms with van der Waals surface area (Å²) in [6, 6.07) is 0. The van der Waals surface area contributed by atoms with Gasteiger partial charge in [0.1, 0.15) is 0 Å². The number of hydrogen-bond donors (Lipinski definition) is 0. The fourth-order valence-corrected chi connectivity index (χ4v) is 0.732. The van der Waals surface area contributed by atoms with Gasteiger partial charge in [-0.3, -0.25) is 0 Å². The first-order chi connectivity index (χ1) is 3.70. The lowest BCUT2D eigenvalue weighted by Gasteiger charge is -2.02. The molecule has 47 valence electrons. The third-order valence-corrected chi connectivity index (χ3v) is 1.39. The first-order valence-corrected chi connectivity index (χ1v) is 2.84. The Labute approximate surface area is 49.8 Å². The molecule has 2 atom stereocenters. The standard InChI is InChI=1S/C6H11O2/c1-4-5(2)8-6(3)7-4/h4-6H,3H2,1-2H3. The highest BCUT2D eigenvalue weighted by Crippen LogP contribution is 2.16. The summed E-state index contributed by atoms with van der Waals surface area (Å²) in [4.78, 5) is 0. The van der Waals surface area contributed by atoms with E-state index in [-0.39, 0.29) is 18.5 Å². The summed E-state index contributed by atoms with van der Waals surface area (Å²) in [6.45, 7) is 7.56. The minimum atomic E-state index is -0.250. The monoisotopic (exact) mass is 115 g/mol. The van der Waals surface area contributed by atoms with Crippen molar-refractivity contribution < 1.29 is 9.47 Å². The number of rotatable bonds is 0. The smallest absolute Gasteiger partial charge is 0.158 e. The maximum Gasteiger partial charge on any atom is 0.158 e. The molecule has 0 N–H and O–H groups in total. The van der Waals surface area contributed by atoms with Crippen LogP contribution in [0, 0.1) is 6.92 Å². The molecule has 1 saturated heterocycles.